The van der Waals surface area contributed by atoms with Gasteiger partial charge in [0.05, 0.1) is 29.2 Å². The summed E-state index contributed by atoms with van der Waals surface area (Å²) in [4.78, 5) is 13.9. The molecule has 3 N–H and O–H groups in total. The van der Waals surface area contributed by atoms with Crippen molar-refractivity contribution in [2.75, 3.05) is 17.7 Å². The van der Waals surface area contributed by atoms with Crippen molar-refractivity contribution in [1.82, 2.24) is 15.0 Å². The normalized spacial score (nSPS) is 10.9. The fraction of sp³-hybridized carbons (Fsp3) is 0.200. The number of imidazole rings is 1. The molecule has 3 aromatic rings. The summed E-state index contributed by atoms with van der Waals surface area (Å²) in [7, 11) is 2.03. The lowest BCUT2D eigenvalue weighted by Gasteiger charge is -2.20. The molecular weight excluding hydrogens is 250 g/mol. The zero-order chi connectivity index (χ0) is 14.1. The van der Waals surface area contributed by atoms with Crippen molar-refractivity contribution in [1.29, 1.82) is 0 Å². The molecule has 5 nitrogen and oxygen atoms in total. The average Bonchev–Trinajstić information content (AvgIpc) is 2.85. The number of hydrogen-bond acceptors (Lipinski definition) is 4. The highest BCUT2D eigenvalue weighted by atomic mass is 15.2. The van der Waals surface area contributed by atoms with Crippen molar-refractivity contribution < 1.29 is 0 Å². The van der Waals surface area contributed by atoms with E-state index < -0.39 is 0 Å². The van der Waals surface area contributed by atoms with Gasteiger partial charge < -0.3 is 15.6 Å². The van der Waals surface area contributed by atoms with E-state index in [0.717, 1.165) is 29.0 Å². The number of anilines is 2. The lowest BCUT2D eigenvalue weighted by atomic mass is 10.2. The molecule has 2 heterocycles. The van der Waals surface area contributed by atoms with E-state index in [9.17, 15) is 0 Å². The van der Waals surface area contributed by atoms with E-state index in [4.69, 9.17) is 5.73 Å². The third-order valence-electron chi connectivity index (χ3n) is 3.34. The Bertz CT molecular complexity index is 747. The van der Waals surface area contributed by atoms with Gasteiger partial charge in [-0.05, 0) is 36.2 Å². The number of pyridine rings is 1. The molecule has 5 heteroatoms. The van der Waals surface area contributed by atoms with E-state index in [0.29, 0.717) is 5.69 Å². The number of benzene rings is 1. The molecule has 0 bridgehead atoms. The molecule has 0 saturated carbocycles. The van der Waals surface area contributed by atoms with E-state index in [1.807, 2.05) is 26.1 Å². The van der Waals surface area contributed by atoms with Crippen LogP contribution in [0.4, 0.5) is 11.5 Å². The quantitative estimate of drug-likeness (QED) is 0.765. The maximum absolute atomic E-state index is 5.74. The van der Waals surface area contributed by atoms with Gasteiger partial charge in [-0.25, -0.2) is 9.97 Å². The van der Waals surface area contributed by atoms with Crippen molar-refractivity contribution >= 4 is 22.5 Å². The molecule has 0 saturated heterocycles. The molecule has 0 unspecified atom stereocenters. The predicted molar refractivity (Wildman–Crippen MR) is 81.6 cm³/mol. The monoisotopic (exact) mass is 267 g/mol. The minimum Gasteiger partial charge on any atom is -0.397 e. The third kappa shape index (κ3) is 2.30. The van der Waals surface area contributed by atoms with Crippen LogP contribution in [-0.2, 0) is 6.54 Å². The Hall–Kier alpha value is -2.56. The number of nitrogens with zero attached hydrogens (tertiary/aromatic N) is 3. The molecule has 0 amide bonds. The molecule has 0 atom stereocenters. The first-order valence-corrected chi connectivity index (χ1v) is 6.49. The Morgan fingerprint density at radius 2 is 2.10 bits per heavy atom. The molecule has 20 heavy (non-hydrogen) atoms. The summed E-state index contributed by atoms with van der Waals surface area (Å²) in [6, 6.07) is 8.17. The fourth-order valence-electron chi connectivity index (χ4n) is 2.42. The SMILES string of the molecule is Cc1cc(N)cnc1N(C)Cc1ccc2nc[nH]c2c1. The molecule has 0 spiro atoms. The minimum absolute atomic E-state index is 0.693. The largest absolute Gasteiger partial charge is 0.397 e. The highest BCUT2D eigenvalue weighted by Crippen LogP contribution is 2.20. The van der Waals surface area contributed by atoms with Crippen LogP contribution in [-0.4, -0.2) is 22.0 Å². The van der Waals surface area contributed by atoms with Crippen molar-refractivity contribution in [3.05, 3.63) is 47.9 Å². The molecule has 3 rings (SSSR count). The van der Waals surface area contributed by atoms with Gasteiger partial charge in [-0.3, -0.25) is 0 Å². The Morgan fingerprint density at radius 3 is 2.90 bits per heavy atom. The van der Waals surface area contributed by atoms with Gasteiger partial charge in [-0.1, -0.05) is 6.07 Å². The van der Waals surface area contributed by atoms with Crippen molar-refractivity contribution in [3.63, 3.8) is 0 Å². The molecule has 1 aromatic carbocycles. The summed E-state index contributed by atoms with van der Waals surface area (Å²) in [6.07, 6.45) is 3.40. The van der Waals surface area contributed by atoms with E-state index in [-0.39, 0.29) is 0 Å². The number of H-pyrrole nitrogens is 1. The summed E-state index contributed by atoms with van der Waals surface area (Å²) >= 11 is 0. The summed E-state index contributed by atoms with van der Waals surface area (Å²) < 4.78 is 0. The second kappa shape index (κ2) is 4.85. The number of nitrogens with two attached hydrogens (primary N) is 1. The van der Waals surface area contributed by atoms with Gasteiger partial charge in [-0.15, -0.1) is 0 Å². The number of nitrogens with one attached hydrogen (secondary N) is 1. The van der Waals surface area contributed by atoms with Gasteiger partial charge in [0.2, 0.25) is 0 Å². The number of fused-ring (bicyclic) bond motifs is 1. The van der Waals surface area contributed by atoms with E-state index >= 15 is 0 Å². The second-order valence-electron chi connectivity index (χ2n) is 5.02. The summed E-state index contributed by atoms with van der Waals surface area (Å²) in [6.45, 7) is 2.81. The Morgan fingerprint density at radius 1 is 1.25 bits per heavy atom. The number of aromatic nitrogens is 3. The van der Waals surface area contributed by atoms with Crippen LogP contribution in [0.1, 0.15) is 11.1 Å². The minimum atomic E-state index is 0.693. The fourth-order valence-corrected chi connectivity index (χ4v) is 2.42. The van der Waals surface area contributed by atoms with Crippen LogP contribution in [0.5, 0.6) is 0 Å². The van der Waals surface area contributed by atoms with Gasteiger partial charge >= 0.3 is 0 Å². The number of aryl methyl sites for hydroxylation is 1. The van der Waals surface area contributed by atoms with Crippen LogP contribution < -0.4 is 10.6 Å². The third-order valence-corrected chi connectivity index (χ3v) is 3.34. The topological polar surface area (TPSA) is 70.8 Å². The molecule has 0 aliphatic heterocycles. The highest BCUT2D eigenvalue weighted by Gasteiger charge is 2.08. The summed E-state index contributed by atoms with van der Waals surface area (Å²) in [5, 5.41) is 0. The van der Waals surface area contributed by atoms with Crippen molar-refractivity contribution in [2.45, 2.75) is 13.5 Å². The van der Waals surface area contributed by atoms with Crippen LogP contribution in [0, 0.1) is 6.92 Å². The lowest BCUT2D eigenvalue weighted by molar-refractivity contribution is 0.892. The first-order chi connectivity index (χ1) is 9.63. The van der Waals surface area contributed by atoms with Crippen LogP contribution in [0.25, 0.3) is 11.0 Å². The zero-order valence-corrected chi connectivity index (χ0v) is 11.6. The predicted octanol–water partition coefficient (Wildman–Crippen LogP) is 2.48. The van der Waals surface area contributed by atoms with Crippen molar-refractivity contribution in [3.8, 4) is 0 Å². The Labute approximate surface area is 117 Å². The van der Waals surface area contributed by atoms with Crippen LogP contribution >= 0.6 is 0 Å². The van der Waals surface area contributed by atoms with Gasteiger partial charge in [0.15, 0.2) is 0 Å². The molecular formula is C15H17N5. The second-order valence-corrected chi connectivity index (χ2v) is 5.02. The highest BCUT2D eigenvalue weighted by molar-refractivity contribution is 5.75. The number of nitrogen functional groups attached to an aromatic ring is 1. The first kappa shape index (κ1) is 12.5. The summed E-state index contributed by atoms with van der Waals surface area (Å²) in [5.74, 6) is 0.948. The lowest BCUT2D eigenvalue weighted by Crippen LogP contribution is -2.18. The maximum Gasteiger partial charge on any atom is 0.131 e. The molecule has 0 aliphatic carbocycles. The Kier molecular flexibility index (Phi) is 3.02. The van der Waals surface area contributed by atoms with Gasteiger partial charge in [0.1, 0.15) is 5.82 Å². The maximum atomic E-state index is 5.74. The number of hydrogen-bond donors (Lipinski definition) is 2. The number of rotatable bonds is 3. The van der Waals surface area contributed by atoms with Crippen LogP contribution in [0.2, 0.25) is 0 Å². The Balaban J connectivity index is 1.85. The molecule has 2 aromatic heterocycles. The van der Waals surface area contributed by atoms with Crippen molar-refractivity contribution in [2.24, 2.45) is 0 Å². The van der Waals surface area contributed by atoms with Crippen LogP contribution in [0.15, 0.2) is 36.8 Å². The first-order valence-electron chi connectivity index (χ1n) is 6.49. The smallest absolute Gasteiger partial charge is 0.131 e. The van der Waals surface area contributed by atoms with Gasteiger partial charge in [-0.2, -0.15) is 0 Å². The molecule has 0 aliphatic rings. The molecule has 102 valence electrons. The summed E-state index contributed by atoms with van der Waals surface area (Å²) in [5.41, 5.74) is 10.8. The van der Waals surface area contributed by atoms with Gasteiger partial charge in [0.25, 0.3) is 0 Å². The molecule has 0 fully saturated rings. The standard InChI is InChI=1S/C15H17N5/c1-10-5-12(16)7-17-15(10)20(2)8-11-3-4-13-14(6-11)19-9-18-13/h3-7,9H,8,16H2,1-2H3,(H,18,19). The van der Waals surface area contributed by atoms with E-state index in [1.165, 1.54) is 5.56 Å². The zero-order valence-electron chi connectivity index (χ0n) is 11.6. The average molecular weight is 267 g/mol. The number of aromatic amines is 1. The van der Waals surface area contributed by atoms with E-state index in [1.54, 1.807) is 12.5 Å². The molecule has 0 radical (unpaired) electrons. The van der Waals surface area contributed by atoms with Gasteiger partial charge in [0, 0.05) is 13.6 Å². The van der Waals surface area contributed by atoms with Crippen LogP contribution in [0.3, 0.4) is 0 Å². The van der Waals surface area contributed by atoms with E-state index in [2.05, 4.69) is 32.0 Å².